The van der Waals surface area contributed by atoms with E-state index in [0.29, 0.717) is 57.8 Å². The first-order chi connectivity index (χ1) is 19.0. The lowest BCUT2D eigenvalue weighted by molar-refractivity contribution is -0.140. The van der Waals surface area contributed by atoms with Crippen molar-refractivity contribution in [3.05, 3.63) is 71.2 Å². The van der Waals surface area contributed by atoms with Crippen LogP contribution in [0.4, 0.5) is 19.0 Å². The molecular formula is C27H25F3N8O2. The van der Waals surface area contributed by atoms with Crippen LogP contribution < -0.4 is 9.64 Å². The minimum absolute atomic E-state index is 0.0612. The Kier molecular flexibility index (Phi) is 5.89. The molecule has 206 valence electrons. The SMILES string of the molecule is COc1cnc2c(c1)c(N1CCc3c(cc(Cn4ccnc4C)cc3-c3cn(C)nc3C(F)(F)F)C1=O)nn2C. The number of fused-ring (bicyclic) bond motifs is 2. The summed E-state index contributed by atoms with van der Waals surface area (Å²) in [5.74, 6) is 1.32. The van der Waals surface area contributed by atoms with Crippen molar-refractivity contribution in [2.45, 2.75) is 26.1 Å². The van der Waals surface area contributed by atoms with E-state index in [2.05, 4.69) is 20.2 Å². The molecule has 40 heavy (non-hydrogen) atoms. The van der Waals surface area contributed by atoms with Crippen molar-refractivity contribution in [1.82, 2.24) is 34.1 Å². The second-order valence-corrected chi connectivity index (χ2v) is 9.73. The number of carbonyl (C=O) groups excluding carboxylic acids is 1. The zero-order valence-corrected chi connectivity index (χ0v) is 22.2. The maximum Gasteiger partial charge on any atom is 0.435 e. The van der Waals surface area contributed by atoms with Gasteiger partial charge < -0.3 is 9.30 Å². The molecule has 0 atom stereocenters. The van der Waals surface area contributed by atoms with Crippen LogP contribution in [-0.2, 0) is 33.2 Å². The third-order valence-electron chi connectivity index (χ3n) is 7.16. The minimum Gasteiger partial charge on any atom is -0.495 e. The molecule has 0 saturated carbocycles. The van der Waals surface area contributed by atoms with E-state index in [1.807, 2.05) is 11.5 Å². The third-order valence-corrected chi connectivity index (χ3v) is 7.16. The Morgan fingerprint density at radius 2 is 1.82 bits per heavy atom. The number of hydrogen-bond acceptors (Lipinski definition) is 6. The fourth-order valence-electron chi connectivity index (χ4n) is 5.27. The molecule has 1 aliphatic rings. The van der Waals surface area contributed by atoms with Gasteiger partial charge in [-0.15, -0.1) is 0 Å². The smallest absolute Gasteiger partial charge is 0.435 e. The normalized spacial score (nSPS) is 13.8. The first-order valence-corrected chi connectivity index (χ1v) is 12.5. The van der Waals surface area contributed by atoms with Crippen LogP contribution in [0.1, 0.15) is 33.0 Å². The first kappa shape index (κ1) is 25.6. The van der Waals surface area contributed by atoms with Gasteiger partial charge in [-0.1, -0.05) is 0 Å². The Bertz CT molecular complexity index is 1780. The summed E-state index contributed by atoms with van der Waals surface area (Å²) in [5.41, 5.74) is 1.39. The molecular weight excluding hydrogens is 525 g/mol. The zero-order chi connectivity index (χ0) is 28.3. The van der Waals surface area contributed by atoms with Crippen LogP contribution in [0.15, 0.2) is 43.0 Å². The molecule has 0 spiro atoms. The van der Waals surface area contributed by atoms with Gasteiger partial charge in [-0.2, -0.15) is 23.4 Å². The molecule has 0 fully saturated rings. The standard InChI is InChI=1S/C27H25F3N8O2/c1-15-31-6-8-37(15)13-16-9-19(22-14-35(2)33-23(22)27(28,29)30)18-5-7-38(26(39)20(18)10-16)25-21-11-17(40-4)12-32-24(21)36(3)34-25/h6,8-12,14H,5,7,13H2,1-4H3. The number of aromatic nitrogens is 7. The number of alkyl halides is 3. The fourth-order valence-corrected chi connectivity index (χ4v) is 5.27. The number of methoxy groups -OCH3 is 1. The third kappa shape index (κ3) is 4.17. The van der Waals surface area contributed by atoms with Gasteiger partial charge in [0.2, 0.25) is 0 Å². The van der Waals surface area contributed by atoms with E-state index in [-0.39, 0.29) is 18.0 Å². The van der Waals surface area contributed by atoms with E-state index in [1.165, 1.54) is 20.4 Å². The van der Waals surface area contributed by atoms with Crippen molar-refractivity contribution in [3.63, 3.8) is 0 Å². The molecule has 0 aliphatic carbocycles. The van der Waals surface area contributed by atoms with Crippen molar-refractivity contribution in [2.24, 2.45) is 14.1 Å². The topological polar surface area (TPSA) is 95.9 Å². The molecule has 1 aromatic carbocycles. The molecule has 0 radical (unpaired) electrons. The number of pyridine rings is 1. The van der Waals surface area contributed by atoms with Crippen LogP contribution in [0.3, 0.4) is 0 Å². The van der Waals surface area contributed by atoms with E-state index in [9.17, 15) is 18.0 Å². The number of anilines is 1. The highest BCUT2D eigenvalue weighted by atomic mass is 19.4. The van der Waals surface area contributed by atoms with Gasteiger partial charge in [-0.3, -0.25) is 14.4 Å². The van der Waals surface area contributed by atoms with Gasteiger partial charge >= 0.3 is 6.18 Å². The molecule has 4 aromatic heterocycles. The molecule has 6 rings (SSSR count). The van der Waals surface area contributed by atoms with Gasteiger partial charge in [-0.25, -0.2) is 14.6 Å². The summed E-state index contributed by atoms with van der Waals surface area (Å²) in [4.78, 5) is 24.3. The van der Waals surface area contributed by atoms with E-state index in [0.717, 1.165) is 10.5 Å². The lowest BCUT2D eigenvalue weighted by atomic mass is 9.88. The number of hydrogen-bond donors (Lipinski definition) is 0. The monoisotopic (exact) mass is 550 g/mol. The summed E-state index contributed by atoms with van der Waals surface area (Å²) in [7, 11) is 4.71. The minimum atomic E-state index is -4.66. The number of nitrogens with zero attached hydrogens (tertiary/aromatic N) is 8. The Morgan fingerprint density at radius 3 is 2.52 bits per heavy atom. The van der Waals surface area contributed by atoms with Crippen LogP contribution in [0.25, 0.3) is 22.2 Å². The van der Waals surface area contributed by atoms with Crippen molar-refractivity contribution in [2.75, 3.05) is 18.6 Å². The number of carbonyl (C=O) groups is 1. The van der Waals surface area contributed by atoms with Crippen LogP contribution in [0.2, 0.25) is 0 Å². The van der Waals surface area contributed by atoms with Crippen molar-refractivity contribution >= 4 is 22.8 Å². The largest absolute Gasteiger partial charge is 0.495 e. The maximum atomic E-state index is 14.1. The van der Waals surface area contributed by atoms with Crippen molar-refractivity contribution < 1.29 is 22.7 Å². The maximum absolute atomic E-state index is 14.1. The van der Waals surface area contributed by atoms with Crippen LogP contribution in [-0.4, -0.2) is 53.7 Å². The van der Waals surface area contributed by atoms with Gasteiger partial charge in [0.25, 0.3) is 5.91 Å². The number of amides is 1. The molecule has 0 unspecified atom stereocenters. The highest BCUT2D eigenvalue weighted by Crippen LogP contribution is 2.41. The number of imidazole rings is 1. The van der Waals surface area contributed by atoms with Crippen LogP contribution >= 0.6 is 0 Å². The molecule has 1 amide bonds. The predicted molar refractivity (Wildman–Crippen MR) is 140 cm³/mol. The summed E-state index contributed by atoms with van der Waals surface area (Å²) >= 11 is 0. The Morgan fingerprint density at radius 1 is 1.05 bits per heavy atom. The van der Waals surface area contributed by atoms with Gasteiger partial charge in [0.1, 0.15) is 11.6 Å². The molecule has 5 aromatic rings. The molecule has 0 N–H and O–H groups in total. The Balaban J connectivity index is 1.52. The van der Waals surface area contributed by atoms with E-state index >= 15 is 0 Å². The highest BCUT2D eigenvalue weighted by Gasteiger charge is 2.39. The number of ether oxygens (including phenoxy) is 1. The van der Waals surface area contributed by atoms with Crippen molar-refractivity contribution in [1.29, 1.82) is 0 Å². The van der Waals surface area contributed by atoms with Gasteiger partial charge in [0.15, 0.2) is 17.2 Å². The van der Waals surface area contributed by atoms with Gasteiger partial charge in [-0.05, 0) is 48.2 Å². The predicted octanol–water partition coefficient (Wildman–Crippen LogP) is 4.15. The molecule has 0 bridgehead atoms. The fraction of sp³-hybridized carbons (Fsp3) is 0.296. The number of aryl methyl sites for hydroxylation is 3. The van der Waals surface area contributed by atoms with Crippen LogP contribution in [0.5, 0.6) is 5.75 Å². The summed E-state index contributed by atoms with van der Waals surface area (Å²) in [6.07, 6.45) is 2.02. The van der Waals surface area contributed by atoms with Gasteiger partial charge in [0, 0.05) is 56.9 Å². The summed E-state index contributed by atoms with van der Waals surface area (Å²) in [6, 6.07) is 5.24. The average Bonchev–Trinajstić information content (AvgIpc) is 3.60. The lowest BCUT2D eigenvalue weighted by Gasteiger charge is -2.29. The van der Waals surface area contributed by atoms with Crippen molar-refractivity contribution in [3.8, 4) is 16.9 Å². The van der Waals surface area contributed by atoms with E-state index < -0.39 is 11.9 Å². The second kappa shape index (κ2) is 9.21. The van der Waals surface area contributed by atoms with E-state index in [4.69, 9.17) is 4.74 Å². The quantitative estimate of drug-likeness (QED) is 0.326. The van der Waals surface area contributed by atoms with Crippen LogP contribution in [0, 0.1) is 6.92 Å². The number of rotatable bonds is 5. The Labute approximate surface area is 226 Å². The molecule has 13 heteroatoms. The Hall–Kier alpha value is -4.68. The molecule has 5 heterocycles. The highest BCUT2D eigenvalue weighted by molar-refractivity contribution is 6.12. The zero-order valence-electron chi connectivity index (χ0n) is 22.2. The molecule has 1 aliphatic heterocycles. The second-order valence-electron chi connectivity index (χ2n) is 9.73. The van der Waals surface area contributed by atoms with E-state index in [1.54, 1.807) is 53.4 Å². The summed E-state index contributed by atoms with van der Waals surface area (Å²) in [5, 5.41) is 8.91. The van der Waals surface area contributed by atoms with Gasteiger partial charge in [0.05, 0.1) is 18.7 Å². The number of halogens is 3. The molecule has 0 saturated heterocycles. The lowest BCUT2D eigenvalue weighted by Crippen LogP contribution is -2.38. The first-order valence-electron chi connectivity index (χ1n) is 12.5. The molecule has 10 nitrogen and oxygen atoms in total. The summed E-state index contributed by atoms with van der Waals surface area (Å²) < 4.78 is 52.0. The summed E-state index contributed by atoms with van der Waals surface area (Å²) in [6.45, 7) is 2.39. The average molecular weight is 551 g/mol. The number of benzene rings is 1.